The molecule has 0 bridgehead atoms. The van der Waals surface area contributed by atoms with Gasteiger partial charge in [0.15, 0.2) is 0 Å². The van der Waals surface area contributed by atoms with Crippen molar-refractivity contribution in [1.82, 2.24) is 15.0 Å². The quantitative estimate of drug-likeness (QED) is 0.715. The molecule has 0 aliphatic heterocycles. The lowest BCUT2D eigenvalue weighted by molar-refractivity contribution is 1.18. The van der Waals surface area contributed by atoms with Crippen molar-refractivity contribution in [2.75, 3.05) is 0 Å². The number of hydrogen-bond acceptors (Lipinski definition) is 3. The molecule has 0 aliphatic carbocycles. The SMILES string of the molecule is C(=Cc1cnccn1)c1ccccn1. The van der Waals surface area contributed by atoms with E-state index >= 15 is 0 Å². The lowest BCUT2D eigenvalue weighted by Gasteiger charge is -1.91. The van der Waals surface area contributed by atoms with E-state index in [4.69, 9.17) is 0 Å². The van der Waals surface area contributed by atoms with Gasteiger partial charge in [0.2, 0.25) is 0 Å². The Morgan fingerprint density at radius 2 is 1.71 bits per heavy atom. The first-order valence-corrected chi connectivity index (χ1v) is 4.30. The summed E-state index contributed by atoms with van der Waals surface area (Å²) in [5.74, 6) is 0. The van der Waals surface area contributed by atoms with Crippen molar-refractivity contribution in [2.45, 2.75) is 0 Å². The van der Waals surface area contributed by atoms with Gasteiger partial charge in [-0.1, -0.05) is 6.07 Å². The van der Waals surface area contributed by atoms with Crippen molar-refractivity contribution in [1.29, 1.82) is 0 Å². The summed E-state index contributed by atoms with van der Waals surface area (Å²) in [6.45, 7) is 0. The molecule has 0 atom stereocenters. The predicted molar refractivity (Wildman–Crippen MR) is 55.2 cm³/mol. The monoisotopic (exact) mass is 183 g/mol. The molecule has 0 aromatic carbocycles. The zero-order valence-electron chi connectivity index (χ0n) is 7.54. The first-order valence-electron chi connectivity index (χ1n) is 4.30. The van der Waals surface area contributed by atoms with Crippen LogP contribution in [0.1, 0.15) is 11.4 Å². The third-order valence-corrected chi connectivity index (χ3v) is 1.70. The third kappa shape index (κ3) is 2.23. The summed E-state index contributed by atoms with van der Waals surface area (Å²) in [7, 11) is 0. The van der Waals surface area contributed by atoms with Crippen molar-refractivity contribution in [2.24, 2.45) is 0 Å². The van der Waals surface area contributed by atoms with Crippen LogP contribution in [0.15, 0.2) is 43.0 Å². The molecule has 0 fully saturated rings. The summed E-state index contributed by atoms with van der Waals surface area (Å²) in [6.07, 6.45) is 10.6. The smallest absolute Gasteiger partial charge is 0.0813 e. The van der Waals surface area contributed by atoms with Gasteiger partial charge in [-0.25, -0.2) is 0 Å². The van der Waals surface area contributed by atoms with Crippen LogP contribution in [0.2, 0.25) is 0 Å². The first-order chi connectivity index (χ1) is 6.95. The average Bonchev–Trinajstić information content (AvgIpc) is 2.29. The fourth-order valence-electron chi connectivity index (χ4n) is 1.04. The largest absolute Gasteiger partial charge is 0.261 e. The molecule has 0 spiro atoms. The van der Waals surface area contributed by atoms with Crippen molar-refractivity contribution in [3.63, 3.8) is 0 Å². The summed E-state index contributed by atoms with van der Waals surface area (Å²) in [6, 6.07) is 5.77. The number of pyridine rings is 1. The summed E-state index contributed by atoms with van der Waals surface area (Å²) in [5, 5.41) is 0. The number of rotatable bonds is 2. The van der Waals surface area contributed by atoms with E-state index in [0.717, 1.165) is 11.4 Å². The zero-order chi connectivity index (χ0) is 9.64. The Balaban J connectivity index is 2.16. The second-order valence-corrected chi connectivity index (χ2v) is 2.72. The van der Waals surface area contributed by atoms with Gasteiger partial charge in [-0.05, 0) is 24.3 Å². The molecule has 2 aromatic rings. The summed E-state index contributed by atoms with van der Waals surface area (Å²) in [5.41, 5.74) is 1.75. The highest BCUT2D eigenvalue weighted by Crippen LogP contribution is 2.01. The standard InChI is InChI=1S/C11H9N3/c1-2-6-13-10(3-1)4-5-11-9-12-7-8-14-11/h1-9H. The van der Waals surface area contributed by atoms with Crippen molar-refractivity contribution >= 4 is 12.2 Å². The van der Waals surface area contributed by atoms with Gasteiger partial charge in [0, 0.05) is 18.6 Å². The van der Waals surface area contributed by atoms with Crippen LogP contribution in [-0.2, 0) is 0 Å². The Hall–Kier alpha value is -2.03. The van der Waals surface area contributed by atoms with E-state index in [2.05, 4.69) is 15.0 Å². The minimum absolute atomic E-state index is 0.832. The Morgan fingerprint density at radius 1 is 0.857 bits per heavy atom. The van der Waals surface area contributed by atoms with E-state index in [9.17, 15) is 0 Å². The molecule has 3 heteroatoms. The highest BCUT2D eigenvalue weighted by Gasteiger charge is 1.87. The van der Waals surface area contributed by atoms with Crippen molar-refractivity contribution < 1.29 is 0 Å². The van der Waals surface area contributed by atoms with E-state index in [1.807, 2.05) is 30.4 Å². The average molecular weight is 183 g/mol. The van der Waals surface area contributed by atoms with E-state index in [1.54, 1.807) is 24.8 Å². The van der Waals surface area contributed by atoms with Gasteiger partial charge in [-0.2, -0.15) is 0 Å². The molecule has 0 amide bonds. The normalized spacial score (nSPS) is 10.6. The minimum Gasteiger partial charge on any atom is -0.261 e. The van der Waals surface area contributed by atoms with Crippen LogP contribution in [0.5, 0.6) is 0 Å². The van der Waals surface area contributed by atoms with E-state index in [0.29, 0.717) is 0 Å². The second-order valence-electron chi connectivity index (χ2n) is 2.72. The van der Waals surface area contributed by atoms with Crippen LogP contribution in [0.25, 0.3) is 12.2 Å². The van der Waals surface area contributed by atoms with Crippen LogP contribution in [-0.4, -0.2) is 15.0 Å². The number of nitrogens with zero attached hydrogens (tertiary/aromatic N) is 3. The molecule has 0 N–H and O–H groups in total. The molecule has 0 radical (unpaired) electrons. The summed E-state index contributed by atoms with van der Waals surface area (Å²) < 4.78 is 0. The number of aromatic nitrogens is 3. The van der Waals surface area contributed by atoms with Gasteiger partial charge in [0.25, 0.3) is 0 Å². The van der Waals surface area contributed by atoms with Gasteiger partial charge in [0.05, 0.1) is 17.6 Å². The van der Waals surface area contributed by atoms with Crippen LogP contribution < -0.4 is 0 Å². The summed E-state index contributed by atoms with van der Waals surface area (Å²) >= 11 is 0. The zero-order valence-corrected chi connectivity index (χ0v) is 7.54. The van der Waals surface area contributed by atoms with Crippen LogP contribution in [0, 0.1) is 0 Å². The minimum atomic E-state index is 0.832. The third-order valence-electron chi connectivity index (χ3n) is 1.70. The predicted octanol–water partition coefficient (Wildman–Crippen LogP) is 2.04. The van der Waals surface area contributed by atoms with Gasteiger partial charge in [-0.3, -0.25) is 15.0 Å². The summed E-state index contributed by atoms with van der Waals surface area (Å²) in [4.78, 5) is 12.2. The van der Waals surface area contributed by atoms with Gasteiger partial charge in [0.1, 0.15) is 0 Å². The Labute approximate surface area is 82.2 Å². The highest BCUT2D eigenvalue weighted by molar-refractivity contribution is 5.65. The lowest BCUT2D eigenvalue weighted by Crippen LogP contribution is -1.81. The van der Waals surface area contributed by atoms with Crippen LogP contribution in [0.4, 0.5) is 0 Å². The topological polar surface area (TPSA) is 38.7 Å². The molecule has 0 saturated heterocycles. The Morgan fingerprint density at radius 3 is 2.43 bits per heavy atom. The van der Waals surface area contributed by atoms with Gasteiger partial charge >= 0.3 is 0 Å². The molecule has 2 heterocycles. The van der Waals surface area contributed by atoms with Crippen LogP contribution >= 0.6 is 0 Å². The lowest BCUT2D eigenvalue weighted by atomic mass is 10.3. The maximum absolute atomic E-state index is 4.16. The maximum Gasteiger partial charge on any atom is 0.0813 e. The Kier molecular flexibility index (Phi) is 2.62. The maximum atomic E-state index is 4.16. The van der Waals surface area contributed by atoms with Crippen molar-refractivity contribution in [3.8, 4) is 0 Å². The molecule has 3 nitrogen and oxygen atoms in total. The highest BCUT2D eigenvalue weighted by atomic mass is 14.8. The van der Waals surface area contributed by atoms with E-state index < -0.39 is 0 Å². The van der Waals surface area contributed by atoms with Crippen molar-refractivity contribution in [3.05, 3.63) is 54.4 Å². The fourth-order valence-corrected chi connectivity index (χ4v) is 1.04. The molecule has 0 aliphatic rings. The molecular weight excluding hydrogens is 174 g/mol. The van der Waals surface area contributed by atoms with Gasteiger partial charge in [-0.15, -0.1) is 0 Å². The first kappa shape index (κ1) is 8.56. The van der Waals surface area contributed by atoms with E-state index in [1.165, 1.54) is 0 Å². The molecule has 2 rings (SSSR count). The molecule has 68 valence electrons. The molecule has 2 aromatic heterocycles. The molecule has 0 saturated carbocycles. The Bertz CT molecular complexity index is 368. The van der Waals surface area contributed by atoms with Crippen LogP contribution in [0.3, 0.4) is 0 Å². The van der Waals surface area contributed by atoms with E-state index in [-0.39, 0.29) is 0 Å². The molecular formula is C11H9N3. The molecule has 14 heavy (non-hydrogen) atoms. The molecule has 0 unspecified atom stereocenters. The fraction of sp³-hybridized carbons (Fsp3) is 0. The van der Waals surface area contributed by atoms with Gasteiger partial charge < -0.3 is 0 Å². The second kappa shape index (κ2) is 4.28. The number of hydrogen-bond donors (Lipinski definition) is 0.